The minimum Gasteiger partial charge on any atom is -0.776 e. The van der Waals surface area contributed by atoms with Crippen molar-refractivity contribution < 1.29 is 4.74 Å². The number of rotatable bonds is 1. The Kier molecular flexibility index (Phi) is 1.90. The Morgan fingerprint density at radius 2 is 2.00 bits per heavy atom. The van der Waals surface area contributed by atoms with E-state index in [4.69, 9.17) is 17.4 Å². The third kappa shape index (κ3) is 1.33. The van der Waals surface area contributed by atoms with Crippen molar-refractivity contribution in [2.45, 2.75) is 4.90 Å². The number of methoxy groups -OCH3 is 1. The van der Waals surface area contributed by atoms with Gasteiger partial charge in [-0.2, -0.15) is 0 Å². The maximum Gasteiger partial charge on any atom is 0.0993 e. The molecule has 0 radical (unpaired) electrons. The molecule has 9 heavy (non-hydrogen) atoms. The van der Waals surface area contributed by atoms with E-state index in [1.807, 2.05) is 24.3 Å². The average Bonchev–Trinajstić information content (AvgIpc) is 1.89. The molecular formula is C7H7OS-. The van der Waals surface area contributed by atoms with Gasteiger partial charge in [0.2, 0.25) is 0 Å². The van der Waals surface area contributed by atoms with Crippen LogP contribution in [0.1, 0.15) is 0 Å². The van der Waals surface area contributed by atoms with Crippen molar-refractivity contribution in [3.05, 3.63) is 24.3 Å². The van der Waals surface area contributed by atoms with E-state index < -0.39 is 0 Å². The zero-order valence-electron chi connectivity index (χ0n) is 5.13. The Bertz CT molecular complexity index is 198. The van der Waals surface area contributed by atoms with Crippen molar-refractivity contribution in [1.82, 2.24) is 0 Å². The van der Waals surface area contributed by atoms with Crippen LogP contribution in [0.3, 0.4) is 0 Å². The Hall–Kier alpha value is -0.760. The lowest BCUT2D eigenvalue weighted by Gasteiger charge is -2.10. The summed E-state index contributed by atoms with van der Waals surface area (Å²) in [6.45, 7) is 0. The summed E-state index contributed by atoms with van der Waals surface area (Å²) in [5.74, 6) is 0.771. The summed E-state index contributed by atoms with van der Waals surface area (Å²) in [6.07, 6.45) is 0. The summed E-state index contributed by atoms with van der Waals surface area (Å²) in [6, 6.07) is 7.48. The predicted molar refractivity (Wildman–Crippen MR) is 38.6 cm³/mol. The lowest BCUT2D eigenvalue weighted by Crippen LogP contribution is -1.83. The SMILES string of the molecule is COc1ccccc1[S-]. The van der Waals surface area contributed by atoms with E-state index >= 15 is 0 Å². The number of benzene rings is 1. The van der Waals surface area contributed by atoms with E-state index in [2.05, 4.69) is 0 Å². The van der Waals surface area contributed by atoms with Crippen LogP contribution in [0.25, 0.3) is 0 Å². The topological polar surface area (TPSA) is 9.23 Å². The van der Waals surface area contributed by atoms with Crippen LogP contribution in [0.4, 0.5) is 0 Å². The molecule has 1 nitrogen and oxygen atoms in total. The van der Waals surface area contributed by atoms with E-state index in [1.54, 1.807) is 7.11 Å². The van der Waals surface area contributed by atoms with Gasteiger partial charge in [-0.1, -0.05) is 18.2 Å². The fraction of sp³-hybridized carbons (Fsp3) is 0.143. The van der Waals surface area contributed by atoms with Crippen molar-refractivity contribution in [2.75, 3.05) is 7.11 Å². The summed E-state index contributed by atoms with van der Waals surface area (Å²) < 4.78 is 4.94. The van der Waals surface area contributed by atoms with E-state index in [0.717, 1.165) is 10.6 Å². The Balaban J connectivity index is 3.01. The van der Waals surface area contributed by atoms with Crippen LogP contribution >= 0.6 is 0 Å². The van der Waals surface area contributed by atoms with Gasteiger partial charge in [-0.05, 0) is 6.07 Å². The Morgan fingerprint density at radius 1 is 1.33 bits per heavy atom. The predicted octanol–water partition coefficient (Wildman–Crippen LogP) is 1.60. The van der Waals surface area contributed by atoms with Crippen LogP contribution in [0.15, 0.2) is 29.2 Å². The van der Waals surface area contributed by atoms with Gasteiger partial charge >= 0.3 is 0 Å². The van der Waals surface area contributed by atoms with Gasteiger partial charge in [0.15, 0.2) is 0 Å². The summed E-state index contributed by atoms with van der Waals surface area (Å²) in [5.41, 5.74) is 0. The molecule has 1 aromatic carbocycles. The van der Waals surface area contributed by atoms with Crippen molar-refractivity contribution in [2.24, 2.45) is 0 Å². The third-order valence-electron chi connectivity index (χ3n) is 1.07. The molecule has 2 heteroatoms. The zero-order chi connectivity index (χ0) is 6.69. The van der Waals surface area contributed by atoms with Gasteiger partial charge in [-0.25, -0.2) is 0 Å². The number of ether oxygens (including phenoxy) is 1. The molecule has 0 N–H and O–H groups in total. The van der Waals surface area contributed by atoms with Gasteiger partial charge in [0.1, 0.15) is 0 Å². The molecular weight excluding hydrogens is 132 g/mol. The van der Waals surface area contributed by atoms with Crippen LogP contribution in [-0.4, -0.2) is 7.11 Å². The van der Waals surface area contributed by atoms with E-state index in [-0.39, 0.29) is 0 Å². The molecule has 48 valence electrons. The minimum absolute atomic E-state index is 0.764. The fourth-order valence-electron chi connectivity index (χ4n) is 0.619. The van der Waals surface area contributed by atoms with Crippen molar-refractivity contribution in [1.29, 1.82) is 0 Å². The molecule has 0 saturated carbocycles. The highest BCUT2D eigenvalue weighted by Crippen LogP contribution is 2.15. The van der Waals surface area contributed by atoms with E-state index in [9.17, 15) is 0 Å². The first-order chi connectivity index (χ1) is 4.34. The first kappa shape index (κ1) is 6.36. The smallest absolute Gasteiger partial charge is 0.0993 e. The quantitative estimate of drug-likeness (QED) is 0.546. The number of hydrogen-bond acceptors (Lipinski definition) is 2. The van der Waals surface area contributed by atoms with Gasteiger partial charge in [0.25, 0.3) is 0 Å². The van der Waals surface area contributed by atoms with E-state index in [0.29, 0.717) is 0 Å². The summed E-state index contributed by atoms with van der Waals surface area (Å²) in [5, 5.41) is 0. The normalized spacial score (nSPS) is 9.00. The molecule has 0 bridgehead atoms. The zero-order valence-corrected chi connectivity index (χ0v) is 5.94. The van der Waals surface area contributed by atoms with Gasteiger partial charge in [-0.3, -0.25) is 0 Å². The summed E-state index contributed by atoms with van der Waals surface area (Å²) >= 11 is 4.93. The lowest BCUT2D eigenvalue weighted by atomic mass is 10.3. The molecule has 0 heterocycles. The standard InChI is InChI=1S/C7H8OS/c1-8-6-4-2-3-5-7(6)9/h2-5,9H,1H3/p-1. The van der Waals surface area contributed by atoms with Gasteiger partial charge in [0.05, 0.1) is 12.9 Å². The molecule has 0 spiro atoms. The Morgan fingerprint density at radius 3 is 2.44 bits per heavy atom. The fourth-order valence-corrected chi connectivity index (χ4v) is 0.849. The molecule has 0 aliphatic carbocycles. The van der Waals surface area contributed by atoms with Crippen LogP contribution < -0.4 is 4.74 Å². The van der Waals surface area contributed by atoms with Crippen molar-refractivity contribution >= 4 is 12.6 Å². The molecule has 0 fully saturated rings. The molecule has 0 unspecified atom stereocenters. The molecule has 1 rings (SSSR count). The van der Waals surface area contributed by atoms with Gasteiger partial charge in [0, 0.05) is 0 Å². The first-order valence-corrected chi connectivity index (χ1v) is 3.05. The highest BCUT2D eigenvalue weighted by Gasteiger charge is 1.84. The number of hydrogen-bond donors (Lipinski definition) is 0. The summed E-state index contributed by atoms with van der Waals surface area (Å²) in [4.78, 5) is 0.764. The van der Waals surface area contributed by atoms with Crippen molar-refractivity contribution in [3.8, 4) is 5.75 Å². The van der Waals surface area contributed by atoms with Crippen LogP contribution in [0, 0.1) is 0 Å². The second kappa shape index (κ2) is 2.69. The maximum absolute atomic E-state index is 4.94. The molecule has 0 aliphatic heterocycles. The largest absolute Gasteiger partial charge is 0.776 e. The molecule has 1 aromatic rings. The summed E-state index contributed by atoms with van der Waals surface area (Å²) in [7, 11) is 1.62. The highest BCUT2D eigenvalue weighted by molar-refractivity contribution is 7.58. The molecule has 0 aliphatic rings. The number of para-hydroxylation sites is 1. The minimum atomic E-state index is 0.764. The molecule has 0 atom stereocenters. The lowest BCUT2D eigenvalue weighted by molar-refractivity contribution is 0.405. The Labute approximate surface area is 60.1 Å². The van der Waals surface area contributed by atoms with Gasteiger partial charge in [-0.15, -0.1) is 4.90 Å². The maximum atomic E-state index is 4.94. The third-order valence-corrected chi connectivity index (χ3v) is 1.41. The van der Waals surface area contributed by atoms with E-state index in [1.165, 1.54) is 0 Å². The highest BCUT2D eigenvalue weighted by atomic mass is 32.1. The van der Waals surface area contributed by atoms with Gasteiger partial charge < -0.3 is 17.4 Å². The van der Waals surface area contributed by atoms with Crippen LogP contribution in [0.2, 0.25) is 0 Å². The van der Waals surface area contributed by atoms with Crippen LogP contribution in [-0.2, 0) is 12.6 Å². The molecule has 0 amide bonds. The molecule has 0 saturated heterocycles. The first-order valence-electron chi connectivity index (χ1n) is 2.64. The monoisotopic (exact) mass is 139 g/mol. The average molecular weight is 139 g/mol. The molecule has 0 aromatic heterocycles. The second-order valence-electron chi connectivity index (χ2n) is 1.65. The second-order valence-corrected chi connectivity index (χ2v) is 2.09. The van der Waals surface area contributed by atoms with Crippen molar-refractivity contribution in [3.63, 3.8) is 0 Å². The van der Waals surface area contributed by atoms with Crippen LogP contribution in [0.5, 0.6) is 5.75 Å².